The molecule has 0 radical (unpaired) electrons. The maximum absolute atomic E-state index is 10.9. The van der Waals surface area contributed by atoms with Crippen molar-refractivity contribution < 1.29 is 37.4 Å². The molecule has 0 aromatic carbocycles. The highest BCUT2D eigenvalue weighted by atomic mass is 19.4. The maximum atomic E-state index is 10.9. The van der Waals surface area contributed by atoms with Crippen molar-refractivity contribution in [3.8, 4) is 0 Å². The number of hydrogen-bond donors (Lipinski definition) is 3. The number of esters is 1. The summed E-state index contributed by atoms with van der Waals surface area (Å²) >= 11 is 0. The molecule has 0 aromatic heterocycles. The van der Waals surface area contributed by atoms with E-state index in [1.165, 1.54) is 0 Å². The first-order valence-corrected chi connectivity index (χ1v) is 5.02. The molecule has 4 N–H and O–H groups in total. The summed E-state index contributed by atoms with van der Waals surface area (Å²) in [7, 11) is 0. The van der Waals surface area contributed by atoms with E-state index < -0.39 is 24.2 Å². The molecule has 10 heteroatoms. The smallest absolute Gasteiger partial charge is 0.475 e. The number of hydrogen-bond acceptors (Lipinski definition) is 5. The van der Waals surface area contributed by atoms with Crippen LogP contribution in [0.2, 0.25) is 0 Å². The lowest BCUT2D eigenvalue weighted by atomic mass is 10.3. The summed E-state index contributed by atoms with van der Waals surface area (Å²) in [5.41, 5.74) is 5.03. The molecule has 0 rings (SSSR count). The highest BCUT2D eigenvalue weighted by molar-refractivity contribution is 5.85. The first-order chi connectivity index (χ1) is 8.56. The van der Waals surface area contributed by atoms with Crippen molar-refractivity contribution in [1.82, 2.24) is 5.32 Å². The van der Waals surface area contributed by atoms with Crippen molar-refractivity contribution in [3.05, 3.63) is 0 Å². The molecule has 0 aliphatic heterocycles. The summed E-state index contributed by atoms with van der Waals surface area (Å²) in [4.78, 5) is 30.5. The molecule has 0 spiro atoms. The molecule has 0 fully saturated rings. The Hall–Kier alpha value is -1.84. The second-order valence-electron chi connectivity index (χ2n) is 3.05. The van der Waals surface area contributed by atoms with Crippen molar-refractivity contribution in [1.29, 1.82) is 0 Å². The first-order valence-electron chi connectivity index (χ1n) is 5.02. The van der Waals surface area contributed by atoms with Crippen LogP contribution >= 0.6 is 0 Å². The average Bonchev–Trinajstić information content (AvgIpc) is 2.28. The van der Waals surface area contributed by atoms with Crippen LogP contribution in [-0.4, -0.2) is 48.3 Å². The van der Waals surface area contributed by atoms with Gasteiger partial charge in [-0.3, -0.25) is 4.79 Å². The van der Waals surface area contributed by atoms with Gasteiger partial charge in [-0.05, 0) is 13.8 Å². The normalized spacial score (nSPS) is 11.7. The third kappa shape index (κ3) is 11.0. The number of nitrogens with one attached hydrogen (secondary N) is 1. The number of aliphatic carboxylic acids is 1. The van der Waals surface area contributed by atoms with Gasteiger partial charge in [-0.1, -0.05) is 0 Å². The standard InChI is InChI=1S/C7H14N2O3.C2HF3O2/c1-3-12-7(11)5(2)9-6(10)4-8;3-2(4,5)1(6)7/h5H,3-4,8H2,1-2H3,(H,9,10);(H,6,7)/t5-;/m1./s1. The van der Waals surface area contributed by atoms with Gasteiger partial charge in [0.25, 0.3) is 0 Å². The Bertz CT molecular complexity index is 319. The second-order valence-corrected chi connectivity index (χ2v) is 3.05. The topological polar surface area (TPSA) is 119 Å². The molecular formula is C9H15F3N2O5. The van der Waals surface area contributed by atoms with Crippen LogP contribution in [-0.2, 0) is 19.1 Å². The number of carboxylic acids is 1. The van der Waals surface area contributed by atoms with Gasteiger partial charge < -0.3 is 20.9 Å². The lowest BCUT2D eigenvalue weighted by molar-refractivity contribution is -0.192. The summed E-state index contributed by atoms with van der Waals surface area (Å²) < 4.78 is 36.4. The average molecular weight is 288 g/mol. The van der Waals surface area contributed by atoms with E-state index in [0.717, 1.165) is 0 Å². The number of carbonyl (C=O) groups excluding carboxylic acids is 2. The molecule has 112 valence electrons. The zero-order valence-electron chi connectivity index (χ0n) is 10.3. The predicted octanol–water partition coefficient (Wildman–Crippen LogP) is -0.354. The molecule has 1 atom stereocenters. The Kier molecular flexibility index (Phi) is 9.38. The van der Waals surface area contributed by atoms with Crippen LogP contribution < -0.4 is 11.1 Å². The van der Waals surface area contributed by atoms with Crippen LogP contribution in [0.25, 0.3) is 0 Å². The Morgan fingerprint density at radius 3 is 2.05 bits per heavy atom. The molecular weight excluding hydrogens is 273 g/mol. The number of alkyl halides is 3. The van der Waals surface area contributed by atoms with Crippen molar-refractivity contribution >= 4 is 17.8 Å². The van der Waals surface area contributed by atoms with E-state index >= 15 is 0 Å². The van der Waals surface area contributed by atoms with Gasteiger partial charge in [-0.2, -0.15) is 13.2 Å². The molecule has 0 aliphatic rings. The minimum atomic E-state index is -5.08. The van der Waals surface area contributed by atoms with E-state index in [4.69, 9.17) is 15.6 Å². The molecule has 1 amide bonds. The van der Waals surface area contributed by atoms with Gasteiger partial charge in [0.15, 0.2) is 0 Å². The van der Waals surface area contributed by atoms with Crippen molar-refractivity contribution in [3.63, 3.8) is 0 Å². The number of rotatable bonds is 4. The third-order valence-corrected chi connectivity index (χ3v) is 1.45. The fourth-order valence-corrected chi connectivity index (χ4v) is 0.627. The van der Waals surface area contributed by atoms with Gasteiger partial charge in [-0.15, -0.1) is 0 Å². The van der Waals surface area contributed by atoms with E-state index in [1.807, 2.05) is 0 Å². The Balaban J connectivity index is 0. The van der Waals surface area contributed by atoms with E-state index in [1.54, 1.807) is 13.8 Å². The fourth-order valence-electron chi connectivity index (χ4n) is 0.627. The van der Waals surface area contributed by atoms with Crippen molar-refractivity contribution in [2.75, 3.05) is 13.2 Å². The monoisotopic (exact) mass is 288 g/mol. The van der Waals surface area contributed by atoms with Gasteiger partial charge in [-0.25, -0.2) is 9.59 Å². The molecule has 0 aromatic rings. The molecule has 0 saturated heterocycles. The van der Waals surface area contributed by atoms with Crippen LogP contribution in [0.4, 0.5) is 13.2 Å². The second kappa shape index (κ2) is 9.14. The van der Waals surface area contributed by atoms with Gasteiger partial charge in [0.05, 0.1) is 13.2 Å². The van der Waals surface area contributed by atoms with E-state index in [2.05, 4.69) is 10.1 Å². The van der Waals surface area contributed by atoms with Crippen LogP contribution in [0.15, 0.2) is 0 Å². The summed E-state index contributed by atoms with van der Waals surface area (Å²) in [6, 6.07) is -0.624. The number of ether oxygens (including phenoxy) is 1. The quantitative estimate of drug-likeness (QED) is 0.608. The fraction of sp³-hybridized carbons (Fsp3) is 0.667. The zero-order valence-corrected chi connectivity index (χ0v) is 10.3. The molecule has 0 saturated carbocycles. The van der Waals surface area contributed by atoms with Crippen LogP contribution in [0.5, 0.6) is 0 Å². The zero-order chi connectivity index (χ0) is 15.6. The summed E-state index contributed by atoms with van der Waals surface area (Å²) in [5, 5.41) is 9.50. The number of carboxylic acid groups (broad SMARTS) is 1. The van der Waals surface area contributed by atoms with E-state index in [-0.39, 0.29) is 12.5 Å². The van der Waals surface area contributed by atoms with Crippen molar-refractivity contribution in [2.24, 2.45) is 5.73 Å². The SMILES string of the molecule is CCOC(=O)[C@@H](C)NC(=O)CN.O=C(O)C(F)(F)F. The Labute approximate surface area is 106 Å². The number of nitrogens with two attached hydrogens (primary N) is 1. The highest BCUT2D eigenvalue weighted by Crippen LogP contribution is 2.13. The minimum absolute atomic E-state index is 0.121. The van der Waals surface area contributed by atoms with Gasteiger partial charge in [0.2, 0.25) is 5.91 Å². The molecule has 7 nitrogen and oxygen atoms in total. The predicted molar refractivity (Wildman–Crippen MR) is 57.0 cm³/mol. The van der Waals surface area contributed by atoms with Gasteiger partial charge in [0.1, 0.15) is 6.04 Å². The van der Waals surface area contributed by atoms with E-state index in [9.17, 15) is 22.8 Å². The Morgan fingerprint density at radius 2 is 1.79 bits per heavy atom. The van der Waals surface area contributed by atoms with Gasteiger partial charge >= 0.3 is 18.1 Å². The van der Waals surface area contributed by atoms with Crippen molar-refractivity contribution in [2.45, 2.75) is 26.1 Å². The van der Waals surface area contributed by atoms with E-state index in [0.29, 0.717) is 6.61 Å². The summed E-state index contributed by atoms with van der Waals surface area (Å²) in [6.45, 7) is 3.44. The summed E-state index contributed by atoms with van der Waals surface area (Å²) in [5.74, 6) is -3.57. The molecule has 0 unspecified atom stereocenters. The maximum Gasteiger partial charge on any atom is 0.490 e. The van der Waals surface area contributed by atoms with Crippen LogP contribution in [0, 0.1) is 0 Å². The molecule has 0 heterocycles. The molecule has 0 bridgehead atoms. The third-order valence-electron chi connectivity index (χ3n) is 1.45. The lowest BCUT2D eigenvalue weighted by Crippen LogP contribution is -2.42. The first kappa shape index (κ1) is 19.5. The molecule has 19 heavy (non-hydrogen) atoms. The molecule has 0 aliphatic carbocycles. The largest absolute Gasteiger partial charge is 0.490 e. The summed E-state index contributed by atoms with van der Waals surface area (Å²) in [6.07, 6.45) is -5.08. The van der Waals surface area contributed by atoms with Crippen LogP contribution in [0.1, 0.15) is 13.8 Å². The van der Waals surface area contributed by atoms with Gasteiger partial charge in [0, 0.05) is 0 Å². The number of carbonyl (C=O) groups is 3. The highest BCUT2D eigenvalue weighted by Gasteiger charge is 2.38. The minimum Gasteiger partial charge on any atom is -0.475 e. The number of halogens is 3. The van der Waals surface area contributed by atoms with Crippen LogP contribution in [0.3, 0.4) is 0 Å². The Morgan fingerprint density at radius 1 is 1.37 bits per heavy atom. The number of amides is 1. The lowest BCUT2D eigenvalue weighted by Gasteiger charge is -2.11.